The van der Waals surface area contributed by atoms with E-state index in [1.54, 1.807) is 23.8 Å². The lowest BCUT2D eigenvalue weighted by atomic mass is 10.1. The van der Waals surface area contributed by atoms with Crippen LogP contribution in [0.3, 0.4) is 0 Å². The number of nitrogen functional groups attached to an aromatic ring is 1. The molecule has 5 atom stereocenters. The van der Waals surface area contributed by atoms with Crippen LogP contribution in [0.4, 0.5) is 22.0 Å². The maximum atomic E-state index is 12.6. The summed E-state index contributed by atoms with van der Waals surface area (Å²) in [5.41, 5.74) is 5.25. The molecule has 2 aliphatic rings. The first kappa shape index (κ1) is 41.4. The number of hydrogen-bond acceptors (Lipinski definition) is 16. The van der Waals surface area contributed by atoms with E-state index in [2.05, 4.69) is 23.4 Å². The molecule has 0 radical (unpaired) electrons. The van der Waals surface area contributed by atoms with Crippen LogP contribution in [-0.4, -0.2) is 89.3 Å². The number of carbonyl (C=O) groups is 1. The number of nitrogens with zero attached hydrogens (tertiary/aromatic N) is 3. The van der Waals surface area contributed by atoms with Crippen LogP contribution in [0.5, 0.6) is 5.75 Å². The SMILES string of the molecule is COc1cccc2c1N(C(=O)OC(C)C)C(CSC)C(=S)N2.Nc1ccn([C@H]2CS[C@@H](COP(=O)(O)OP(=O)(O)OP(=O)(O)O)O2)c(=O)n1. The molecule has 4 rings (SSSR count). The molecule has 7 N–H and O–H groups in total. The molecule has 1 saturated heterocycles. The highest BCUT2D eigenvalue weighted by Gasteiger charge is 2.42. The average molecular weight is 810 g/mol. The number of thioether (sulfide) groups is 2. The molecule has 20 nitrogen and oxygen atoms in total. The van der Waals surface area contributed by atoms with E-state index in [9.17, 15) is 28.2 Å². The summed E-state index contributed by atoms with van der Waals surface area (Å²) >= 11 is 8.15. The lowest BCUT2D eigenvalue weighted by molar-refractivity contribution is -0.00646. The van der Waals surface area contributed by atoms with Crippen LogP contribution < -0.4 is 26.4 Å². The first-order valence-corrected chi connectivity index (χ1v) is 21.0. The molecule has 26 heteroatoms. The number of para-hydroxylation sites is 1. The maximum Gasteiger partial charge on any atom is 0.490 e. The lowest BCUT2D eigenvalue weighted by Crippen LogP contribution is -2.52. The van der Waals surface area contributed by atoms with Gasteiger partial charge in [-0.1, -0.05) is 18.3 Å². The zero-order chi connectivity index (χ0) is 36.7. The Morgan fingerprint density at radius 3 is 2.49 bits per heavy atom. The molecule has 0 bridgehead atoms. The minimum Gasteiger partial charge on any atom is -0.494 e. The number of ether oxygens (including phenoxy) is 3. The standard InChI is InChI=1S/C15H20N2O3S2.C8H14N3O12P3S/c1-9(2)20-15(18)17-11(8-22-4)14(21)16-10-6-5-7-12(19-3)13(10)17;9-5-1-2-11(8(12)10-5)6-4-27-7(21-6)3-20-25(16,17)23-26(18,19)22-24(13,14)15/h5-7,9,11H,8H2,1-4H3,(H,16,21);1-2,6-7H,3-4H2,(H,16,17)(H,18,19)(H2,9,10,12)(H2,13,14,15)/t;6-,7+/m.1/s1. The van der Waals surface area contributed by atoms with Crippen molar-refractivity contribution in [3.8, 4) is 5.75 Å². The predicted octanol–water partition coefficient (Wildman–Crippen LogP) is 3.29. The van der Waals surface area contributed by atoms with Crippen molar-refractivity contribution in [3.63, 3.8) is 0 Å². The Morgan fingerprint density at radius 2 is 1.90 bits per heavy atom. The summed E-state index contributed by atoms with van der Waals surface area (Å²) in [5.74, 6) is 1.55. The normalized spacial score (nSPS) is 21.4. The molecule has 1 fully saturated rings. The number of nitrogens with two attached hydrogens (primary N) is 1. The molecule has 0 spiro atoms. The number of nitrogens with one attached hydrogen (secondary N) is 1. The van der Waals surface area contributed by atoms with Gasteiger partial charge in [-0.05, 0) is 38.3 Å². The molecule has 49 heavy (non-hydrogen) atoms. The summed E-state index contributed by atoms with van der Waals surface area (Å²) in [5, 5.41) is 3.20. The number of methoxy groups -OCH3 is 1. The van der Waals surface area contributed by atoms with Crippen LogP contribution in [0.15, 0.2) is 35.3 Å². The van der Waals surface area contributed by atoms with Gasteiger partial charge in [0.2, 0.25) is 0 Å². The summed E-state index contributed by atoms with van der Waals surface area (Å²) in [6.45, 7) is 3.03. The minimum absolute atomic E-state index is 0.0195. The van der Waals surface area contributed by atoms with E-state index < -0.39 is 53.5 Å². The molecule has 2 aliphatic heterocycles. The third kappa shape index (κ3) is 12.3. The topological polar surface area (TPSA) is 281 Å². The fourth-order valence-electron chi connectivity index (χ4n) is 4.09. The first-order valence-electron chi connectivity index (χ1n) is 13.6. The highest BCUT2D eigenvalue weighted by atomic mass is 32.2. The molecule has 3 heterocycles. The number of carbonyl (C=O) groups excluding carboxylic acids is 1. The van der Waals surface area contributed by atoms with E-state index in [0.717, 1.165) is 22.0 Å². The Labute approximate surface area is 293 Å². The summed E-state index contributed by atoms with van der Waals surface area (Å²) < 4.78 is 62.3. The van der Waals surface area contributed by atoms with Crippen molar-refractivity contribution in [3.05, 3.63) is 40.9 Å². The van der Waals surface area contributed by atoms with Crippen molar-refractivity contribution in [1.29, 1.82) is 0 Å². The van der Waals surface area contributed by atoms with Gasteiger partial charge >= 0.3 is 35.3 Å². The third-order valence-electron chi connectivity index (χ3n) is 5.87. The highest BCUT2D eigenvalue weighted by molar-refractivity contribution is 8.00. The number of thiocarbonyl (C=S) groups is 1. The second kappa shape index (κ2) is 17.4. The van der Waals surface area contributed by atoms with Crippen molar-refractivity contribution in [2.75, 3.05) is 47.4 Å². The molecule has 274 valence electrons. The number of anilines is 3. The Kier molecular flexibility index (Phi) is 14.7. The number of hydrogen-bond donors (Lipinski definition) is 6. The second-order valence-corrected chi connectivity index (χ2v) is 16.9. The average Bonchev–Trinajstić information content (AvgIpc) is 3.43. The van der Waals surface area contributed by atoms with Crippen LogP contribution in [0.1, 0.15) is 20.1 Å². The Bertz CT molecular complexity index is 1710. The zero-order valence-electron chi connectivity index (χ0n) is 26.1. The summed E-state index contributed by atoms with van der Waals surface area (Å²) in [6.07, 6.45) is 1.94. The number of phosphoric acid groups is 3. The van der Waals surface area contributed by atoms with E-state index >= 15 is 0 Å². The number of amides is 1. The fourth-order valence-corrected chi connectivity index (χ4v) is 9.24. The van der Waals surface area contributed by atoms with Gasteiger partial charge in [0.1, 0.15) is 33.9 Å². The molecule has 1 aromatic carbocycles. The fraction of sp³-hybridized carbons (Fsp3) is 0.478. The van der Waals surface area contributed by atoms with E-state index in [1.807, 2.05) is 38.3 Å². The van der Waals surface area contributed by atoms with Crippen LogP contribution >= 0.6 is 59.2 Å². The summed E-state index contributed by atoms with van der Waals surface area (Å²) in [6, 6.07) is 6.65. The largest absolute Gasteiger partial charge is 0.494 e. The van der Waals surface area contributed by atoms with Crippen LogP contribution in [0.2, 0.25) is 0 Å². The molecule has 1 amide bonds. The molecule has 2 aromatic rings. The van der Waals surface area contributed by atoms with E-state index in [4.69, 9.17) is 46.8 Å². The second-order valence-electron chi connectivity index (χ2n) is 9.90. The molecule has 3 unspecified atom stereocenters. The molecule has 0 aliphatic carbocycles. The van der Waals surface area contributed by atoms with Crippen molar-refractivity contribution in [2.24, 2.45) is 0 Å². The van der Waals surface area contributed by atoms with Crippen LogP contribution in [0.25, 0.3) is 0 Å². The third-order valence-corrected chi connectivity index (χ3v) is 11.8. The Morgan fingerprint density at radius 1 is 1.20 bits per heavy atom. The predicted molar refractivity (Wildman–Crippen MR) is 185 cm³/mol. The van der Waals surface area contributed by atoms with Gasteiger partial charge in [-0.15, -0.1) is 11.8 Å². The minimum atomic E-state index is -5.58. The maximum absolute atomic E-state index is 12.6. The van der Waals surface area contributed by atoms with Gasteiger partial charge in [0.05, 0.1) is 31.5 Å². The van der Waals surface area contributed by atoms with Gasteiger partial charge < -0.3 is 44.8 Å². The van der Waals surface area contributed by atoms with Gasteiger partial charge in [0.25, 0.3) is 0 Å². The molecular formula is C23H34N5O15P3S3. The number of phosphoric ester groups is 1. The summed E-state index contributed by atoms with van der Waals surface area (Å²) in [4.78, 5) is 65.3. The van der Waals surface area contributed by atoms with Gasteiger partial charge in [-0.2, -0.15) is 25.4 Å². The highest BCUT2D eigenvalue weighted by Crippen LogP contribution is 2.66. The molecule has 0 saturated carbocycles. The summed E-state index contributed by atoms with van der Waals surface area (Å²) in [7, 11) is -14.7. The monoisotopic (exact) mass is 809 g/mol. The number of fused-ring (bicyclic) bond motifs is 1. The van der Waals surface area contributed by atoms with Gasteiger partial charge in [-0.3, -0.25) is 14.0 Å². The Hall–Kier alpha value is -2.07. The Balaban J connectivity index is 0.000000271. The molecular weight excluding hydrogens is 775 g/mol. The smallest absolute Gasteiger partial charge is 0.490 e. The van der Waals surface area contributed by atoms with Gasteiger partial charge in [-0.25, -0.2) is 23.3 Å². The van der Waals surface area contributed by atoms with E-state index in [1.165, 1.54) is 12.3 Å². The van der Waals surface area contributed by atoms with Crippen molar-refractivity contribution >= 4 is 87.5 Å². The number of rotatable bonds is 12. The zero-order valence-corrected chi connectivity index (χ0v) is 31.2. The number of benzene rings is 1. The van der Waals surface area contributed by atoms with Gasteiger partial charge in [0.15, 0.2) is 0 Å². The number of aromatic nitrogens is 2. The van der Waals surface area contributed by atoms with Crippen molar-refractivity contribution in [1.82, 2.24) is 9.55 Å². The first-order chi connectivity index (χ1) is 22.8. The van der Waals surface area contributed by atoms with Crippen molar-refractivity contribution < 1.29 is 65.4 Å². The van der Waals surface area contributed by atoms with Gasteiger partial charge in [0, 0.05) is 17.7 Å². The van der Waals surface area contributed by atoms with Crippen LogP contribution in [-0.2, 0) is 36.3 Å². The molecule has 1 aromatic heterocycles. The quantitative estimate of drug-likeness (QED) is 0.132. The van der Waals surface area contributed by atoms with E-state index in [0.29, 0.717) is 22.2 Å². The van der Waals surface area contributed by atoms with E-state index in [-0.39, 0.29) is 23.7 Å². The van der Waals surface area contributed by atoms with Crippen LogP contribution in [0, 0.1) is 0 Å². The lowest BCUT2D eigenvalue weighted by Gasteiger charge is -2.38. The van der Waals surface area contributed by atoms with Crippen molar-refractivity contribution in [2.45, 2.75) is 37.7 Å².